The molecule has 22 heavy (non-hydrogen) atoms. The topological polar surface area (TPSA) is 63.7 Å². The molecule has 1 aromatic carbocycles. The van der Waals surface area contributed by atoms with E-state index in [1.54, 1.807) is 12.4 Å². The van der Waals surface area contributed by atoms with Crippen LogP contribution in [-0.2, 0) is 0 Å². The zero-order chi connectivity index (χ0) is 15.6. The van der Waals surface area contributed by atoms with E-state index in [0.717, 1.165) is 11.1 Å². The highest BCUT2D eigenvalue weighted by Gasteiger charge is 2.55. The van der Waals surface area contributed by atoms with E-state index in [4.69, 9.17) is 0 Å². The second-order valence-corrected chi connectivity index (χ2v) is 5.68. The molecule has 1 saturated heterocycles. The number of benzene rings is 1. The van der Waals surface area contributed by atoms with E-state index < -0.39 is 5.41 Å². The smallest absolute Gasteiger partial charge is 0.171 e. The summed E-state index contributed by atoms with van der Waals surface area (Å²) in [5.41, 5.74) is 0.828. The molecule has 1 aliphatic heterocycles. The fourth-order valence-electron chi connectivity index (χ4n) is 3.49. The third kappa shape index (κ3) is 2.06. The number of likely N-dealkylation sites (N-methyl/N-ethyl adjacent to an activating group) is 1. The highest BCUT2D eigenvalue weighted by molar-refractivity contribution is 5.40. The normalized spacial score (nSPS) is 23.6. The fraction of sp³-hybridized carbons (Fsp3) is 0.278. The molecule has 0 radical (unpaired) electrons. The van der Waals surface area contributed by atoms with Crippen LogP contribution in [0.3, 0.4) is 0 Å². The predicted octanol–water partition coefficient (Wildman–Crippen LogP) is 2.89. The summed E-state index contributed by atoms with van der Waals surface area (Å²) in [6.07, 6.45) is 3.45. The molecule has 0 spiro atoms. The fourth-order valence-corrected chi connectivity index (χ4v) is 3.49. The van der Waals surface area contributed by atoms with Crippen molar-refractivity contribution in [3.8, 4) is 12.1 Å². The third-order valence-corrected chi connectivity index (χ3v) is 4.46. The number of hydrogen-bond acceptors (Lipinski definition) is 4. The van der Waals surface area contributed by atoms with Gasteiger partial charge < -0.3 is 0 Å². The summed E-state index contributed by atoms with van der Waals surface area (Å²) in [5, 5.41) is 19.8. The lowest BCUT2D eigenvalue weighted by Gasteiger charge is -2.28. The van der Waals surface area contributed by atoms with E-state index in [-0.39, 0.29) is 12.0 Å². The number of rotatable bonds is 2. The average Bonchev–Trinajstić information content (AvgIpc) is 2.89. The van der Waals surface area contributed by atoms with Gasteiger partial charge in [-0.25, -0.2) is 0 Å². The van der Waals surface area contributed by atoms with E-state index in [1.807, 2.05) is 49.5 Å². The van der Waals surface area contributed by atoms with Crippen LogP contribution in [0.2, 0.25) is 0 Å². The number of aromatic nitrogens is 1. The van der Waals surface area contributed by atoms with Gasteiger partial charge in [-0.2, -0.15) is 10.5 Å². The van der Waals surface area contributed by atoms with E-state index in [0.29, 0.717) is 6.54 Å². The highest BCUT2D eigenvalue weighted by Crippen LogP contribution is 2.53. The minimum Gasteiger partial charge on any atom is -0.296 e. The zero-order valence-corrected chi connectivity index (χ0v) is 12.3. The first-order valence-corrected chi connectivity index (χ1v) is 7.20. The molecule has 0 amide bonds. The molecule has 3 rings (SSSR count). The Labute approximate surface area is 130 Å². The van der Waals surface area contributed by atoms with Crippen LogP contribution in [0.25, 0.3) is 0 Å². The molecular formula is C18H16N4. The Morgan fingerprint density at radius 3 is 2.36 bits per heavy atom. The highest BCUT2D eigenvalue weighted by atomic mass is 15.2. The number of pyridine rings is 1. The number of nitriles is 2. The summed E-state index contributed by atoms with van der Waals surface area (Å²) >= 11 is 0. The van der Waals surface area contributed by atoms with Gasteiger partial charge in [-0.1, -0.05) is 36.4 Å². The van der Waals surface area contributed by atoms with E-state index in [2.05, 4.69) is 22.0 Å². The molecule has 2 aromatic rings. The first kappa shape index (κ1) is 14.3. The molecule has 2 heterocycles. The Kier molecular flexibility index (Phi) is 3.63. The second kappa shape index (κ2) is 5.60. The van der Waals surface area contributed by atoms with Crippen molar-refractivity contribution in [3.05, 3.63) is 66.0 Å². The van der Waals surface area contributed by atoms with Gasteiger partial charge in [0.15, 0.2) is 5.41 Å². The van der Waals surface area contributed by atoms with Gasteiger partial charge in [0.2, 0.25) is 0 Å². The number of hydrogen-bond donors (Lipinski definition) is 0. The van der Waals surface area contributed by atoms with E-state index in [9.17, 15) is 10.5 Å². The maximum Gasteiger partial charge on any atom is 0.171 e. The summed E-state index contributed by atoms with van der Waals surface area (Å²) in [6.45, 7) is 0.671. The average molecular weight is 288 g/mol. The van der Waals surface area contributed by atoms with Crippen LogP contribution in [0.15, 0.2) is 54.9 Å². The lowest BCUT2D eigenvalue weighted by Crippen LogP contribution is -2.30. The van der Waals surface area contributed by atoms with E-state index in [1.165, 1.54) is 0 Å². The van der Waals surface area contributed by atoms with Gasteiger partial charge >= 0.3 is 0 Å². The summed E-state index contributed by atoms with van der Waals surface area (Å²) in [4.78, 5) is 6.23. The Balaban J connectivity index is 2.13. The van der Waals surface area contributed by atoms with Gasteiger partial charge in [0.05, 0.1) is 18.2 Å². The minimum absolute atomic E-state index is 0.140. The molecule has 4 heteroatoms. The first-order chi connectivity index (χ1) is 10.7. The van der Waals surface area contributed by atoms with Crippen LogP contribution < -0.4 is 0 Å². The minimum atomic E-state index is -1.11. The van der Waals surface area contributed by atoms with Crippen LogP contribution in [0, 0.1) is 28.1 Å². The Bertz CT molecular complexity index is 713. The maximum atomic E-state index is 9.88. The van der Waals surface area contributed by atoms with Crippen molar-refractivity contribution in [3.63, 3.8) is 0 Å². The number of likely N-dealkylation sites (tertiary alicyclic amines) is 1. The van der Waals surface area contributed by atoms with Crippen molar-refractivity contribution in [2.45, 2.75) is 12.0 Å². The molecule has 4 nitrogen and oxygen atoms in total. The van der Waals surface area contributed by atoms with Crippen LogP contribution in [0.1, 0.15) is 23.1 Å². The largest absolute Gasteiger partial charge is 0.296 e. The Morgan fingerprint density at radius 2 is 1.77 bits per heavy atom. The molecule has 108 valence electrons. The van der Waals surface area contributed by atoms with Crippen molar-refractivity contribution >= 4 is 0 Å². The Morgan fingerprint density at radius 1 is 1.09 bits per heavy atom. The molecule has 2 atom stereocenters. The summed E-state index contributed by atoms with van der Waals surface area (Å²) in [7, 11) is 1.96. The SMILES string of the molecule is CN1C[C@@H](c2ccccc2)C(C#N)(C#N)[C@H]1c1cccnc1. The first-order valence-electron chi connectivity index (χ1n) is 7.20. The predicted molar refractivity (Wildman–Crippen MR) is 82.5 cm³/mol. The van der Waals surface area contributed by atoms with Gasteiger partial charge in [0, 0.05) is 24.9 Å². The Hall–Kier alpha value is -2.69. The molecule has 0 unspecified atom stereocenters. The summed E-state index contributed by atoms with van der Waals surface area (Å²) < 4.78 is 0. The van der Waals surface area contributed by atoms with Crippen LogP contribution in [0.4, 0.5) is 0 Å². The van der Waals surface area contributed by atoms with Gasteiger partial charge in [-0.3, -0.25) is 9.88 Å². The molecule has 0 saturated carbocycles. The van der Waals surface area contributed by atoms with Crippen molar-refractivity contribution in [1.82, 2.24) is 9.88 Å². The standard InChI is InChI=1S/C18H16N4/c1-22-11-16(14-6-3-2-4-7-14)18(12-19,13-20)17(22)15-8-5-9-21-10-15/h2-10,16-17H,11H2,1H3/t16-,17+/m0/s1. The van der Waals surface area contributed by atoms with Gasteiger partial charge in [-0.15, -0.1) is 0 Å². The van der Waals surface area contributed by atoms with Crippen LogP contribution >= 0.6 is 0 Å². The van der Waals surface area contributed by atoms with Crippen LogP contribution in [0.5, 0.6) is 0 Å². The molecule has 0 aliphatic carbocycles. The molecule has 0 bridgehead atoms. The zero-order valence-electron chi connectivity index (χ0n) is 12.3. The van der Waals surface area contributed by atoms with Crippen molar-refractivity contribution in [1.29, 1.82) is 10.5 Å². The van der Waals surface area contributed by atoms with Gasteiger partial charge in [0.1, 0.15) is 0 Å². The van der Waals surface area contributed by atoms with Crippen molar-refractivity contribution in [2.75, 3.05) is 13.6 Å². The van der Waals surface area contributed by atoms with Crippen molar-refractivity contribution in [2.24, 2.45) is 5.41 Å². The molecule has 1 fully saturated rings. The number of nitrogens with zero attached hydrogens (tertiary/aromatic N) is 4. The summed E-state index contributed by atoms with van der Waals surface area (Å²) in [5.74, 6) is -0.140. The van der Waals surface area contributed by atoms with Crippen molar-refractivity contribution < 1.29 is 0 Å². The lowest BCUT2D eigenvalue weighted by molar-refractivity contribution is 0.267. The van der Waals surface area contributed by atoms with Crippen LogP contribution in [-0.4, -0.2) is 23.5 Å². The second-order valence-electron chi connectivity index (χ2n) is 5.68. The van der Waals surface area contributed by atoms with E-state index >= 15 is 0 Å². The third-order valence-electron chi connectivity index (χ3n) is 4.46. The maximum absolute atomic E-state index is 9.88. The molecule has 1 aromatic heterocycles. The summed E-state index contributed by atoms with van der Waals surface area (Å²) in [6, 6.07) is 18.0. The quantitative estimate of drug-likeness (QED) is 0.852. The lowest BCUT2D eigenvalue weighted by atomic mass is 9.71. The molecule has 1 aliphatic rings. The monoisotopic (exact) mass is 288 g/mol. The van der Waals surface area contributed by atoms with Gasteiger partial charge in [-0.05, 0) is 24.2 Å². The molecular weight excluding hydrogens is 272 g/mol. The van der Waals surface area contributed by atoms with Gasteiger partial charge in [0.25, 0.3) is 0 Å². The molecule has 0 N–H and O–H groups in total.